The molecule has 6 nitrogen and oxygen atoms in total. The molecule has 1 heterocycles. The first-order valence-corrected chi connectivity index (χ1v) is 8.06. The summed E-state index contributed by atoms with van der Waals surface area (Å²) in [6.07, 6.45) is 3.46. The fourth-order valence-corrected chi connectivity index (χ4v) is 2.05. The second-order valence-electron chi connectivity index (χ2n) is 5.94. The van der Waals surface area contributed by atoms with E-state index in [9.17, 15) is 9.59 Å². The molecule has 3 amide bonds. The molecule has 1 N–H and O–H groups in total. The van der Waals surface area contributed by atoms with Crippen LogP contribution in [-0.4, -0.2) is 60.5 Å². The molecule has 0 aliphatic rings. The summed E-state index contributed by atoms with van der Waals surface area (Å²) in [4.78, 5) is 31.4. The molecule has 23 heavy (non-hydrogen) atoms. The minimum absolute atomic E-state index is 0.0163. The Bertz CT molecular complexity index is 493. The maximum Gasteiger partial charge on any atom is 0.317 e. The van der Waals surface area contributed by atoms with Crippen LogP contribution < -0.4 is 5.32 Å². The van der Waals surface area contributed by atoms with Crippen LogP contribution in [0.25, 0.3) is 0 Å². The number of hydrogen-bond acceptors (Lipinski definition) is 3. The number of amides is 3. The van der Waals surface area contributed by atoms with E-state index in [0.717, 1.165) is 12.1 Å². The van der Waals surface area contributed by atoms with E-state index in [1.54, 1.807) is 30.1 Å². The molecular weight excluding hydrogens is 292 g/mol. The molecule has 0 saturated heterocycles. The molecule has 0 aromatic carbocycles. The smallest absolute Gasteiger partial charge is 0.317 e. The van der Waals surface area contributed by atoms with Gasteiger partial charge in [-0.15, -0.1) is 0 Å². The molecule has 0 unspecified atom stereocenters. The number of carbonyl (C=O) groups is 2. The summed E-state index contributed by atoms with van der Waals surface area (Å²) in [7, 11) is 3.48. The number of aromatic nitrogens is 1. The molecule has 0 spiro atoms. The topological polar surface area (TPSA) is 65.5 Å². The summed E-state index contributed by atoms with van der Waals surface area (Å²) >= 11 is 0. The Kier molecular flexibility index (Phi) is 8.08. The number of carbonyl (C=O) groups excluding carboxylic acids is 2. The Morgan fingerprint density at radius 2 is 2.00 bits per heavy atom. The van der Waals surface area contributed by atoms with Crippen molar-refractivity contribution in [1.82, 2.24) is 20.1 Å². The average Bonchev–Trinajstić information content (AvgIpc) is 2.57. The highest BCUT2D eigenvalue weighted by Crippen LogP contribution is 2.02. The van der Waals surface area contributed by atoms with Crippen LogP contribution in [0.4, 0.5) is 4.79 Å². The number of pyridine rings is 1. The standard InChI is InChI=1S/C17H28N4O2/c1-5-14(2)13-21(4)17(23)19-12-16(22)20(3)11-9-15-8-6-7-10-18-15/h6-8,10,14H,5,9,11-13H2,1-4H3,(H,19,23)/t14-/m1/s1. The van der Waals surface area contributed by atoms with E-state index in [1.165, 1.54) is 0 Å². The maximum absolute atomic E-state index is 12.0. The van der Waals surface area contributed by atoms with Crippen molar-refractivity contribution in [3.63, 3.8) is 0 Å². The lowest BCUT2D eigenvalue weighted by Gasteiger charge is -2.22. The first-order chi connectivity index (χ1) is 10.9. The zero-order valence-corrected chi connectivity index (χ0v) is 14.6. The fourth-order valence-electron chi connectivity index (χ4n) is 2.05. The molecule has 1 rings (SSSR count). The van der Waals surface area contributed by atoms with Gasteiger partial charge < -0.3 is 15.1 Å². The van der Waals surface area contributed by atoms with E-state index in [2.05, 4.69) is 24.1 Å². The Hall–Kier alpha value is -2.11. The number of nitrogens with zero attached hydrogens (tertiary/aromatic N) is 3. The largest absolute Gasteiger partial charge is 0.344 e. The minimum atomic E-state index is -0.211. The summed E-state index contributed by atoms with van der Waals surface area (Å²) in [5.41, 5.74) is 0.949. The SMILES string of the molecule is CC[C@@H](C)CN(C)C(=O)NCC(=O)N(C)CCc1ccccn1. The number of hydrogen-bond donors (Lipinski definition) is 1. The molecule has 1 aromatic heterocycles. The van der Waals surface area contributed by atoms with Crippen molar-refractivity contribution >= 4 is 11.9 Å². The fraction of sp³-hybridized carbons (Fsp3) is 0.588. The van der Waals surface area contributed by atoms with Crippen LogP contribution in [0, 0.1) is 5.92 Å². The lowest BCUT2D eigenvalue weighted by molar-refractivity contribution is -0.128. The van der Waals surface area contributed by atoms with Gasteiger partial charge >= 0.3 is 6.03 Å². The van der Waals surface area contributed by atoms with Gasteiger partial charge in [-0.1, -0.05) is 26.3 Å². The summed E-state index contributed by atoms with van der Waals surface area (Å²) < 4.78 is 0. The molecule has 128 valence electrons. The van der Waals surface area contributed by atoms with Gasteiger partial charge in [-0.05, 0) is 18.1 Å². The van der Waals surface area contributed by atoms with Crippen LogP contribution >= 0.6 is 0 Å². The molecular formula is C17H28N4O2. The highest BCUT2D eigenvalue weighted by atomic mass is 16.2. The quantitative estimate of drug-likeness (QED) is 0.794. The van der Waals surface area contributed by atoms with Crippen LogP contribution in [0.15, 0.2) is 24.4 Å². The Labute approximate surface area is 138 Å². The van der Waals surface area contributed by atoms with E-state index in [4.69, 9.17) is 0 Å². The normalized spacial score (nSPS) is 11.7. The van der Waals surface area contributed by atoms with Crippen molar-refractivity contribution < 1.29 is 9.59 Å². The highest BCUT2D eigenvalue weighted by molar-refractivity contribution is 5.83. The molecule has 0 aliphatic carbocycles. The zero-order chi connectivity index (χ0) is 17.2. The van der Waals surface area contributed by atoms with Crippen molar-refractivity contribution in [2.75, 3.05) is 33.7 Å². The first-order valence-electron chi connectivity index (χ1n) is 8.06. The first kappa shape index (κ1) is 18.9. The van der Waals surface area contributed by atoms with Crippen LogP contribution in [0.5, 0.6) is 0 Å². The van der Waals surface area contributed by atoms with Gasteiger partial charge in [0.05, 0.1) is 6.54 Å². The number of rotatable bonds is 8. The van der Waals surface area contributed by atoms with Crippen LogP contribution in [0.3, 0.4) is 0 Å². The maximum atomic E-state index is 12.0. The van der Waals surface area contributed by atoms with Crippen LogP contribution in [0.2, 0.25) is 0 Å². The highest BCUT2D eigenvalue weighted by Gasteiger charge is 2.14. The summed E-state index contributed by atoms with van der Waals surface area (Å²) in [5, 5.41) is 2.67. The minimum Gasteiger partial charge on any atom is -0.344 e. The van der Waals surface area contributed by atoms with Crippen molar-refractivity contribution in [3.8, 4) is 0 Å². The Morgan fingerprint density at radius 3 is 2.61 bits per heavy atom. The number of urea groups is 1. The zero-order valence-electron chi connectivity index (χ0n) is 14.6. The molecule has 1 atom stereocenters. The molecule has 0 bridgehead atoms. The number of likely N-dealkylation sites (N-methyl/N-ethyl adjacent to an activating group) is 1. The Balaban J connectivity index is 2.30. The van der Waals surface area contributed by atoms with Crippen LogP contribution in [0.1, 0.15) is 26.0 Å². The lowest BCUT2D eigenvalue weighted by Crippen LogP contribution is -2.44. The third-order valence-electron chi connectivity index (χ3n) is 3.88. The van der Waals surface area contributed by atoms with Gasteiger partial charge in [-0.3, -0.25) is 9.78 Å². The third-order valence-corrected chi connectivity index (χ3v) is 3.88. The third kappa shape index (κ3) is 7.13. The molecule has 0 aliphatic heterocycles. The molecule has 0 saturated carbocycles. The van der Waals surface area contributed by atoms with Gasteiger partial charge in [0.2, 0.25) is 5.91 Å². The van der Waals surface area contributed by atoms with E-state index < -0.39 is 0 Å². The molecule has 6 heteroatoms. The average molecular weight is 320 g/mol. The molecule has 0 radical (unpaired) electrons. The predicted octanol–water partition coefficient (Wildman–Crippen LogP) is 1.77. The second-order valence-corrected chi connectivity index (χ2v) is 5.94. The van der Waals surface area contributed by atoms with Crippen molar-refractivity contribution in [3.05, 3.63) is 30.1 Å². The molecule has 1 aromatic rings. The molecule has 0 fully saturated rings. The summed E-state index contributed by atoms with van der Waals surface area (Å²) in [5.74, 6) is 0.341. The van der Waals surface area contributed by atoms with Gasteiger partial charge in [-0.2, -0.15) is 0 Å². The van der Waals surface area contributed by atoms with Crippen molar-refractivity contribution in [1.29, 1.82) is 0 Å². The monoisotopic (exact) mass is 320 g/mol. The van der Waals surface area contributed by atoms with E-state index in [0.29, 0.717) is 25.4 Å². The lowest BCUT2D eigenvalue weighted by atomic mass is 10.1. The van der Waals surface area contributed by atoms with Gasteiger partial charge in [0.15, 0.2) is 0 Å². The predicted molar refractivity (Wildman–Crippen MR) is 91.1 cm³/mol. The Morgan fingerprint density at radius 1 is 1.26 bits per heavy atom. The van der Waals surface area contributed by atoms with E-state index in [1.807, 2.05) is 18.2 Å². The summed E-state index contributed by atoms with van der Waals surface area (Å²) in [6.45, 7) is 5.47. The van der Waals surface area contributed by atoms with E-state index >= 15 is 0 Å². The van der Waals surface area contributed by atoms with E-state index in [-0.39, 0.29) is 18.5 Å². The van der Waals surface area contributed by atoms with Gasteiger partial charge in [0.1, 0.15) is 0 Å². The summed E-state index contributed by atoms with van der Waals surface area (Å²) in [6, 6.07) is 5.52. The van der Waals surface area contributed by atoms with Gasteiger partial charge in [0.25, 0.3) is 0 Å². The van der Waals surface area contributed by atoms with Crippen molar-refractivity contribution in [2.24, 2.45) is 5.92 Å². The van der Waals surface area contributed by atoms with Crippen molar-refractivity contribution in [2.45, 2.75) is 26.7 Å². The number of nitrogens with one attached hydrogen (secondary N) is 1. The van der Waals surface area contributed by atoms with Gasteiger partial charge in [-0.25, -0.2) is 4.79 Å². The second kappa shape index (κ2) is 9.82. The van der Waals surface area contributed by atoms with Gasteiger partial charge in [0, 0.05) is 45.5 Å². The van der Waals surface area contributed by atoms with Crippen LogP contribution in [-0.2, 0) is 11.2 Å².